The van der Waals surface area contributed by atoms with Gasteiger partial charge in [-0.05, 0) is 31.6 Å². The van der Waals surface area contributed by atoms with Gasteiger partial charge in [-0.1, -0.05) is 19.3 Å². The molecule has 1 aliphatic heterocycles. The predicted molar refractivity (Wildman–Crippen MR) is 74.3 cm³/mol. The monoisotopic (exact) mass is 283 g/mol. The van der Waals surface area contributed by atoms with Crippen molar-refractivity contribution in [3.63, 3.8) is 0 Å². The third kappa shape index (κ3) is 3.95. The summed E-state index contributed by atoms with van der Waals surface area (Å²) in [5.74, 6) is -0.562. The van der Waals surface area contributed by atoms with E-state index in [4.69, 9.17) is 4.74 Å². The first-order valence-corrected chi connectivity index (χ1v) is 7.70. The standard InChI is InChI=1S/C15H25NO4/c17-13(16-10-12-5-4-8-20-11-12)9-15(14(18)19)6-2-1-3-7-15/h12H,1-11H2,(H,16,17)(H,18,19). The van der Waals surface area contributed by atoms with Crippen LogP contribution in [0.3, 0.4) is 0 Å². The van der Waals surface area contributed by atoms with E-state index in [9.17, 15) is 14.7 Å². The minimum atomic E-state index is -0.828. The van der Waals surface area contributed by atoms with Gasteiger partial charge in [0.25, 0.3) is 0 Å². The van der Waals surface area contributed by atoms with Crippen LogP contribution in [0.5, 0.6) is 0 Å². The summed E-state index contributed by atoms with van der Waals surface area (Å²) >= 11 is 0. The molecule has 1 atom stereocenters. The van der Waals surface area contributed by atoms with Crippen LogP contribution in [0.25, 0.3) is 0 Å². The number of carboxylic acid groups (broad SMARTS) is 1. The van der Waals surface area contributed by atoms with E-state index in [1.54, 1.807) is 0 Å². The van der Waals surface area contributed by atoms with Crippen molar-refractivity contribution >= 4 is 11.9 Å². The molecule has 1 unspecified atom stereocenters. The predicted octanol–water partition coefficient (Wildman–Crippen LogP) is 1.95. The molecule has 114 valence electrons. The molecule has 2 rings (SSSR count). The topological polar surface area (TPSA) is 75.6 Å². The molecule has 1 amide bonds. The lowest BCUT2D eigenvalue weighted by Crippen LogP contribution is -2.41. The van der Waals surface area contributed by atoms with Gasteiger partial charge in [0.15, 0.2) is 0 Å². The zero-order valence-electron chi connectivity index (χ0n) is 12.0. The van der Waals surface area contributed by atoms with Gasteiger partial charge in [-0.25, -0.2) is 0 Å². The molecule has 0 radical (unpaired) electrons. The first-order valence-electron chi connectivity index (χ1n) is 7.70. The first-order chi connectivity index (χ1) is 9.62. The van der Waals surface area contributed by atoms with E-state index in [0.29, 0.717) is 31.9 Å². The van der Waals surface area contributed by atoms with Crippen molar-refractivity contribution in [2.45, 2.75) is 51.4 Å². The van der Waals surface area contributed by atoms with E-state index in [2.05, 4.69) is 5.32 Å². The summed E-state index contributed by atoms with van der Waals surface area (Å²) in [5.41, 5.74) is -0.828. The summed E-state index contributed by atoms with van der Waals surface area (Å²) in [6.07, 6.45) is 6.40. The van der Waals surface area contributed by atoms with E-state index in [1.807, 2.05) is 0 Å². The Morgan fingerprint density at radius 2 is 1.95 bits per heavy atom. The van der Waals surface area contributed by atoms with Crippen LogP contribution in [0.4, 0.5) is 0 Å². The van der Waals surface area contributed by atoms with Gasteiger partial charge in [0, 0.05) is 19.6 Å². The van der Waals surface area contributed by atoms with Crippen LogP contribution >= 0.6 is 0 Å². The maximum absolute atomic E-state index is 12.0. The number of carbonyl (C=O) groups is 2. The number of hydrogen-bond donors (Lipinski definition) is 2. The lowest BCUT2D eigenvalue weighted by atomic mass is 9.71. The molecule has 1 saturated carbocycles. The lowest BCUT2D eigenvalue weighted by molar-refractivity contribution is -0.154. The van der Waals surface area contributed by atoms with Crippen molar-refractivity contribution in [2.24, 2.45) is 11.3 Å². The number of hydrogen-bond acceptors (Lipinski definition) is 3. The Bertz CT molecular complexity index is 344. The van der Waals surface area contributed by atoms with E-state index in [0.717, 1.165) is 38.7 Å². The third-order valence-electron chi connectivity index (χ3n) is 4.61. The van der Waals surface area contributed by atoms with Crippen LogP contribution in [0.2, 0.25) is 0 Å². The largest absolute Gasteiger partial charge is 0.481 e. The smallest absolute Gasteiger partial charge is 0.310 e. The Hall–Kier alpha value is -1.10. The molecule has 1 aliphatic carbocycles. The Balaban J connectivity index is 1.80. The lowest BCUT2D eigenvalue weighted by Gasteiger charge is -2.32. The quantitative estimate of drug-likeness (QED) is 0.808. The molecule has 0 spiro atoms. The minimum Gasteiger partial charge on any atom is -0.481 e. The van der Waals surface area contributed by atoms with Crippen LogP contribution in [-0.2, 0) is 14.3 Å². The van der Waals surface area contributed by atoms with Gasteiger partial charge < -0.3 is 15.2 Å². The van der Waals surface area contributed by atoms with Gasteiger partial charge in [0.2, 0.25) is 5.91 Å². The van der Waals surface area contributed by atoms with Crippen LogP contribution in [0.1, 0.15) is 51.4 Å². The SMILES string of the molecule is O=C(CC1(C(=O)O)CCCCC1)NCC1CCCOC1. The normalized spacial score (nSPS) is 25.9. The Kier molecular flexibility index (Phi) is 5.40. The van der Waals surface area contributed by atoms with Crippen LogP contribution in [0.15, 0.2) is 0 Å². The number of nitrogens with one attached hydrogen (secondary N) is 1. The fourth-order valence-electron chi connectivity index (χ4n) is 3.29. The molecule has 0 aromatic carbocycles. The molecule has 1 heterocycles. The van der Waals surface area contributed by atoms with E-state index >= 15 is 0 Å². The molecule has 5 heteroatoms. The second-order valence-electron chi connectivity index (χ2n) is 6.21. The number of amides is 1. The zero-order chi connectivity index (χ0) is 14.4. The molecule has 0 aromatic heterocycles. The van der Waals surface area contributed by atoms with Crippen LogP contribution in [0, 0.1) is 11.3 Å². The highest BCUT2D eigenvalue weighted by molar-refractivity contribution is 5.85. The first kappa shape index (κ1) is 15.3. The van der Waals surface area contributed by atoms with Crippen LogP contribution < -0.4 is 5.32 Å². The molecular formula is C15H25NO4. The van der Waals surface area contributed by atoms with Gasteiger partial charge in [-0.2, -0.15) is 0 Å². The highest BCUT2D eigenvalue weighted by Crippen LogP contribution is 2.39. The highest BCUT2D eigenvalue weighted by atomic mass is 16.5. The molecule has 1 saturated heterocycles. The van der Waals surface area contributed by atoms with Gasteiger partial charge >= 0.3 is 5.97 Å². The summed E-state index contributed by atoms with van der Waals surface area (Å²) in [6, 6.07) is 0. The fraction of sp³-hybridized carbons (Fsp3) is 0.867. The summed E-state index contributed by atoms with van der Waals surface area (Å²) in [7, 11) is 0. The molecular weight excluding hydrogens is 258 g/mol. The second kappa shape index (κ2) is 7.07. The Morgan fingerprint density at radius 3 is 2.55 bits per heavy atom. The van der Waals surface area contributed by atoms with Crippen molar-refractivity contribution in [1.82, 2.24) is 5.32 Å². The van der Waals surface area contributed by atoms with Crippen molar-refractivity contribution in [2.75, 3.05) is 19.8 Å². The van der Waals surface area contributed by atoms with Gasteiger partial charge in [0.05, 0.1) is 12.0 Å². The highest BCUT2D eigenvalue weighted by Gasteiger charge is 2.41. The molecule has 5 nitrogen and oxygen atoms in total. The summed E-state index contributed by atoms with van der Waals surface area (Å²) in [6.45, 7) is 2.12. The average molecular weight is 283 g/mol. The average Bonchev–Trinajstić information content (AvgIpc) is 2.47. The van der Waals surface area contributed by atoms with E-state index in [-0.39, 0.29) is 12.3 Å². The third-order valence-corrected chi connectivity index (χ3v) is 4.61. The van der Waals surface area contributed by atoms with Gasteiger partial charge in [-0.3, -0.25) is 9.59 Å². The Morgan fingerprint density at radius 1 is 1.20 bits per heavy atom. The molecule has 2 aliphatic rings. The molecule has 2 fully saturated rings. The molecule has 0 aromatic rings. The molecule has 2 N–H and O–H groups in total. The van der Waals surface area contributed by atoms with Crippen molar-refractivity contribution in [1.29, 1.82) is 0 Å². The summed E-state index contributed by atoms with van der Waals surface area (Å²) in [5, 5.41) is 12.4. The maximum Gasteiger partial charge on any atom is 0.310 e. The van der Waals surface area contributed by atoms with Gasteiger partial charge in [0.1, 0.15) is 0 Å². The van der Waals surface area contributed by atoms with Gasteiger partial charge in [-0.15, -0.1) is 0 Å². The molecule has 0 bridgehead atoms. The number of rotatable bonds is 5. The Labute approximate surface area is 120 Å². The fourth-order valence-corrected chi connectivity index (χ4v) is 3.29. The van der Waals surface area contributed by atoms with Crippen LogP contribution in [-0.4, -0.2) is 36.7 Å². The number of carbonyl (C=O) groups excluding carboxylic acids is 1. The van der Waals surface area contributed by atoms with Crippen molar-refractivity contribution in [3.05, 3.63) is 0 Å². The maximum atomic E-state index is 12.0. The van der Waals surface area contributed by atoms with Crippen molar-refractivity contribution in [3.8, 4) is 0 Å². The second-order valence-corrected chi connectivity index (χ2v) is 6.21. The summed E-state index contributed by atoms with van der Waals surface area (Å²) < 4.78 is 5.38. The van der Waals surface area contributed by atoms with E-state index < -0.39 is 11.4 Å². The minimum absolute atomic E-state index is 0.121. The summed E-state index contributed by atoms with van der Waals surface area (Å²) in [4.78, 5) is 23.6. The molecule has 20 heavy (non-hydrogen) atoms. The van der Waals surface area contributed by atoms with Crippen molar-refractivity contribution < 1.29 is 19.4 Å². The number of carboxylic acids is 1. The zero-order valence-corrected chi connectivity index (χ0v) is 12.0. The number of ether oxygens (including phenoxy) is 1. The van der Waals surface area contributed by atoms with E-state index in [1.165, 1.54) is 0 Å². The number of aliphatic carboxylic acids is 1.